The molecular formula is C32H47N3O6. The summed E-state index contributed by atoms with van der Waals surface area (Å²) in [6.07, 6.45) is 3.17. The zero-order chi connectivity index (χ0) is 30.1. The van der Waals surface area contributed by atoms with Crippen LogP contribution in [0.1, 0.15) is 60.8 Å². The minimum atomic E-state index is -1.19. The molecule has 41 heavy (non-hydrogen) atoms. The van der Waals surface area contributed by atoms with Crippen molar-refractivity contribution in [3.8, 4) is 0 Å². The van der Waals surface area contributed by atoms with E-state index in [1.54, 1.807) is 22.8 Å². The van der Waals surface area contributed by atoms with Crippen molar-refractivity contribution in [1.29, 1.82) is 0 Å². The van der Waals surface area contributed by atoms with Gasteiger partial charge < -0.3 is 29.3 Å². The zero-order valence-electron chi connectivity index (χ0n) is 25.5. The third-order valence-electron chi connectivity index (χ3n) is 9.20. The third-order valence-corrected chi connectivity index (χ3v) is 9.20. The van der Waals surface area contributed by atoms with Gasteiger partial charge in [-0.1, -0.05) is 19.9 Å². The van der Waals surface area contributed by atoms with Crippen LogP contribution in [0.15, 0.2) is 36.9 Å². The Kier molecular flexibility index (Phi) is 9.19. The van der Waals surface area contributed by atoms with Crippen LogP contribution in [-0.2, 0) is 23.9 Å². The minimum Gasteiger partial charge on any atom is -0.466 e. The van der Waals surface area contributed by atoms with Crippen LogP contribution in [0, 0.1) is 17.8 Å². The molecule has 1 spiro atoms. The van der Waals surface area contributed by atoms with E-state index in [0.29, 0.717) is 24.9 Å². The second kappa shape index (κ2) is 12.1. The third kappa shape index (κ3) is 5.16. The average molecular weight is 570 g/mol. The number of likely N-dealkylation sites (tertiary alicyclic amines) is 1. The lowest BCUT2D eigenvalue weighted by Crippen LogP contribution is -2.59. The highest BCUT2D eigenvalue weighted by atomic mass is 16.6. The van der Waals surface area contributed by atoms with Crippen LogP contribution in [0.2, 0.25) is 0 Å². The van der Waals surface area contributed by atoms with Crippen molar-refractivity contribution < 1.29 is 29.0 Å². The number of carbonyl (C=O) groups excluding carboxylic acids is 3. The summed E-state index contributed by atoms with van der Waals surface area (Å²) in [6.45, 7) is 17.6. The van der Waals surface area contributed by atoms with Crippen molar-refractivity contribution in [3.63, 3.8) is 0 Å². The summed E-state index contributed by atoms with van der Waals surface area (Å²) < 4.78 is 12.1. The normalized spacial score (nSPS) is 29.0. The summed E-state index contributed by atoms with van der Waals surface area (Å²) in [5.41, 5.74) is -0.353. The number of benzene rings is 1. The molecule has 3 aliphatic rings. The Hall–Kier alpha value is -2.91. The zero-order valence-corrected chi connectivity index (χ0v) is 25.5. The summed E-state index contributed by atoms with van der Waals surface area (Å²) in [5, 5.41) is 10.5. The first kappa shape index (κ1) is 31.0. The predicted molar refractivity (Wildman–Crippen MR) is 159 cm³/mol. The maximum Gasteiger partial charge on any atom is 0.312 e. The molecule has 0 saturated carbocycles. The summed E-state index contributed by atoms with van der Waals surface area (Å²) in [7, 11) is 0. The lowest BCUT2D eigenvalue weighted by atomic mass is 9.66. The molecular weight excluding hydrogens is 522 g/mol. The molecule has 3 aliphatic heterocycles. The van der Waals surface area contributed by atoms with Gasteiger partial charge in [0, 0.05) is 31.0 Å². The Morgan fingerprint density at radius 2 is 1.80 bits per heavy atom. The van der Waals surface area contributed by atoms with Gasteiger partial charge in [-0.25, -0.2) is 0 Å². The number of hydrogen-bond donors (Lipinski definition) is 1. The van der Waals surface area contributed by atoms with E-state index in [2.05, 4.69) is 25.3 Å². The Morgan fingerprint density at radius 1 is 1.17 bits per heavy atom. The van der Waals surface area contributed by atoms with Gasteiger partial charge in [0.05, 0.1) is 30.8 Å². The van der Waals surface area contributed by atoms with Gasteiger partial charge in [0.25, 0.3) is 5.91 Å². The standard InChI is InChI=1S/C32H47N3O6/c1-8-18-34(23-14-12-22(13-15-23)33(9-2)10-3)29(38)27-32-17-16-31(7,41-32)26(30(39)40-11-4)25(32)28(37)35(27)24(20-36)19-21(5)6/h8,12-15,21,24-27,36H,1,9-11,16-20H2,2-7H3/t24-,25+,26-,27?,31+,32?/m1/s1. The Bertz CT molecular complexity index is 1130. The molecule has 6 atom stereocenters. The fraction of sp³-hybridized carbons (Fsp3) is 0.656. The summed E-state index contributed by atoms with van der Waals surface area (Å²) in [5.74, 6) is -2.59. The van der Waals surface area contributed by atoms with Crippen LogP contribution in [-0.4, -0.2) is 83.9 Å². The number of carbonyl (C=O) groups is 3. The average Bonchev–Trinajstić information content (AvgIpc) is 3.52. The number of anilines is 2. The van der Waals surface area contributed by atoms with Gasteiger partial charge in [0.2, 0.25) is 5.91 Å². The van der Waals surface area contributed by atoms with Gasteiger partial charge in [0.15, 0.2) is 0 Å². The Labute approximate surface area is 244 Å². The lowest BCUT2D eigenvalue weighted by molar-refractivity contribution is -0.160. The Morgan fingerprint density at radius 3 is 2.34 bits per heavy atom. The van der Waals surface area contributed by atoms with Crippen molar-refractivity contribution in [1.82, 2.24) is 4.90 Å². The fourth-order valence-electron chi connectivity index (χ4n) is 7.48. The first-order chi connectivity index (χ1) is 19.5. The highest BCUT2D eigenvalue weighted by Gasteiger charge is 2.79. The number of hydrogen-bond acceptors (Lipinski definition) is 7. The van der Waals surface area contributed by atoms with Crippen molar-refractivity contribution in [3.05, 3.63) is 36.9 Å². The number of rotatable bonds is 13. The second-order valence-corrected chi connectivity index (χ2v) is 12.1. The van der Waals surface area contributed by atoms with Crippen LogP contribution in [0.3, 0.4) is 0 Å². The van der Waals surface area contributed by atoms with Gasteiger partial charge >= 0.3 is 5.97 Å². The molecule has 1 aromatic carbocycles. The first-order valence-electron chi connectivity index (χ1n) is 15.1. The quantitative estimate of drug-likeness (QED) is 0.285. The molecule has 0 radical (unpaired) electrons. The number of nitrogens with zero attached hydrogens (tertiary/aromatic N) is 3. The molecule has 2 bridgehead atoms. The summed E-state index contributed by atoms with van der Waals surface area (Å²) in [4.78, 5) is 47.8. The predicted octanol–water partition coefficient (Wildman–Crippen LogP) is 3.79. The SMILES string of the molecule is C=CCN(C(=O)C1N([C@@H](CO)CC(C)C)C(=O)[C@@H]2[C@H](C(=O)OCC)[C@]3(C)CCC12O3)c1ccc(N(CC)CC)cc1. The number of ether oxygens (including phenoxy) is 2. The molecule has 2 unspecified atom stereocenters. The van der Waals surface area contributed by atoms with E-state index in [4.69, 9.17) is 9.47 Å². The molecule has 3 saturated heterocycles. The van der Waals surface area contributed by atoms with Crippen LogP contribution in [0.5, 0.6) is 0 Å². The maximum atomic E-state index is 14.8. The van der Waals surface area contributed by atoms with Crippen LogP contribution in [0.25, 0.3) is 0 Å². The number of aliphatic hydroxyl groups is 1. The lowest BCUT2D eigenvalue weighted by Gasteiger charge is -2.40. The molecule has 3 fully saturated rings. The van der Waals surface area contributed by atoms with E-state index in [1.807, 2.05) is 45.0 Å². The van der Waals surface area contributed by atoms with E-state index in [0.717, 1.165) is 18.8 Å². The number of fused-ring (bicyclic) bond motifs is 1. The fourth-order valence-corrected chi connectivity index (χ4v) is 7.48. The maximum absolute atomic E-state index is 14.8. The van der Waals surface area contributed by atoms with E-state index >= 15 is 0 Å². The van der Waals surface area contributed by atoms with Crippen molar-refractivity contribution in [2.75, 3.05) is 42.6 Å². The summed E-state index contributed by atoms with van der Waals surface area (Å²) >= 11 is 0. The molecule has 9 heteroatoms. The van der Waals surface area contributed by atoms with Crippen molar-refractivity contribution in [2.45, 2.75) is 84.1 Å². The minimum absolute atomic E-state index is 0.168. The number of aliphatic hydroxyl groups excluding tert-OH is 1. The molecule has 0 aromatic heterocycles. The summed E-state index contributed by atoms with van der Waals surface area (Å²) in [6, 6.07) is 6.23. The topological polar surface area (TPSA) is 99.6 Å². The first-order valence-corrected chi connectivity index (χ1v) is 15.1. The van der Waals surface area contributed by atoms with Crippen molar-refractivity contribution >= 4 is 29.2 Å². The number of esters is 1. The molecule has 1 aromatic rings. The highest BCUT2D eigenvalue weighted by molar-refractivity contribution is 6.05. The highest BCUT2D eigenvalue weighted by Crippen LogP contribution is 2.64. The molecule has 3 heterocycles. The van der Waals surface area contributed by atoms with E-state index in [9.17, 15) is 19.5 Å². The molecule has 9 nitrogen and oxygen atoms in total. The molecule has 1 N–H and O–H groups in total. The second-order valence-electron chi connectivity index (χ2n) is 12.1. The van der Waals surface area contributed by atoms with Crippen LogP contribution in [0.4, 0.5) is 11.4 Å². The number of amides is 2. The molecule has 4 rings (SSSR count). The van der Waals surface area contributed by atoms with E-state index in [1.165, 1.54) is 0 Å². The monoisotopic (exact) mass is 569 g/mol. The van der Waals surface area contributed by atoms with Crippen LogP contribution < -0.4 is 9.80 Å². The Balaban J connectivity index is 1.81. The van der Waals surface area contributed by atoms with Crippen LogP contribution >= 0.6 is 0 Å². The molecule has 226 valence electrons. The van der Waals surface area contributed by atoms with E-state index in [-0.39, 0.29) is 37.5 Å². The van der Waals surface area contributed by atoms with Gasteiger partial charge in [-0.3, -0.25) is 14.4 Å². The smallest absolute Gasteiger partial charge is 0.312 e. The van der Waals surface area contributed by atoms with Gasteiger partial charge in [-0.2, -0.15) is 0 Å². The van der Waals surface area contributed by atoms with Gasteiger partial charge in [-0.05, 0) is 77.1 Å². The largest absolute Gasteiger partial charge is 0.466 e. The van der Waals surface area contributed by atoms with E-state index < -0.39 is 41.1 Å². The molecule has 0 aliphatic carbocycles. The molecule has 2 amide bonds. The van der Waals surface area contributed by atoms with Crippen molar-refractivity contribution in [2.24, 2.45) is 17.8 Å². The van der Waals surface area contributed by atoms with Gasteiger partial charge in [-0.15, -0.1) is 6.58 Å². The van der Waals surface area contributed by atoms with Gasteiger partial charge in [0.1, 0.15) is 17.6 Å².